The SMILES string of the molecule is [B]Oc1c(C)[c-]c(C=c2[c-]c(C)c(=C)c(C)c2C)c(C)c1C.[B]Oc1c(C)[c-]c(Cc2[c-]c(C)c(C)c(C)c2C)c(C)c1C.[Y].[Y]. The van der Waals surface area contributed by atoms with Crippen molar-refractivity contribution in [2.24, 2.45) is 0 Å². The van der Waals surface area contributed by atoms with Crippen molar-refractivity contribution < 1.29 is 74.7 Å². The van der Waals surface area contributed by atoms with Crippen LogP contribution in [0.2, 0.25) is 0 Å². The third-order valence-corrected chi connectivity index (χ3v) is 9.56. The van der Waals surface area contributed by atoms with Crippen molar-refractivity contribution in [3.8, 4) is 11.5 Å². The van der Waals surface area contributed by atoms with E-state index in [9.17, 15) is 0 Å². The molecule has 46 heavy (non-hydrogen) atoms. The normalized spacial score (nSPS) is 10.8. The van der Waals surface area contributed by atoms with Crippen LogP contribution in [0.15, 0.2) is 0 Å². The largest absolute Gasteiger partial charge is 0.627 e. The van der Waals surface area contributed by atoms with Gasteiger partial charge in [-0.05, 0) is 12.2 Å². The fourth-order valence-electron chi connectivity index (χ4n) is 5.66. The van der Waals surface area contributed by atoms with Crippen LogP contribution in [0.5, 0.6) is 11.5 Å². The second-order valence-electron chi connectivity index (χ2n) is 12.1. The van der Waals surface area contributed by atoms with E-state index >= 15 is 0 Å². The molecule has 0 saturated carbocycles. The first-order valence-electron chi connectivity index (χ1n) is 15.0. The van der Waals surface area contributed by atoms with E-state index in [1.807, 2.05) is 34.6 Å². The minimum atomic E-state index is 0. The Kier molecular flexibility index (Phi) is 16.5. The molecule has 4 rings (SSSR count). The van der Waals surface area contributed by atoms with Gasteiger partial charge < -0.3 is 9.31 Å². The van der Waals surface area contributed by atoms with Gasteiger partial charge in [0.2, 0.25) is 0 Å². The molecule has 6 heteroatoms. The molecular weight excluding hydrogens is 712 g/mol. The van der Waals surface area contributed by atoms with Crippen LogP contribution in [0.25, 0.3) is 12.7 Å². The summed E-state index contributed by atoms with van der Waals surface area (Å²) in [5, 5.41) is 2.15. The maximum Gasteiger partial charge on any atom is 0.359 e. The monoisotopic (exact) mass is 756 g/mol. The third-order valence-electron chi connectivity index (χ3n) is 9.56. The molecule has 0 bridgehead atoms. The van der Waals surface area contributed by atoms with Crippen LogP contribution >= 0.6 is 0 Å². The zero-order valence-corrected chi connectivity index (χ0v) is 35.8. The molecule has 0 atom stereocenters. The second kappa shape index (κ2) is 17.8. The summed E-state index contributed by atoms with van der Waals surface area (Å²) in [5.74, 6) is 1.44. The van der Waals surface area contributed by atoms with Crippen LogP contribution in [-0.4, -0.2) is 16.1 Å². The molecule has 0 spiro atoms. The third kappa shape index (κ3) is 8.96. The molecule has 0 saturated heterocycles. The van der Waals surface area contributed by atoms with Gasteiger partial charge in [-0.1, -0.05) is 101 Å². The quantitative estimate of drug-likeness (QED) is 0.157. The van der Waals surface area contributed by atoms with Crippen LogP contribution in [0, 0.1) is 114 Å². The number of hydrogen-bond donors (Lipinski definition) is 0. The van der Waals surface area contributed by atoms with E-state index in [0.29, 0.717) is 5.75 Å². The van der Waals surface area contributed by atoms with Crippen molar-refractivity contribution >= 4 is 28.8 Å². The smallest absolute Gasteiger partial charge is 0.359 e. The molecule has 2 nitrogen and oxygen atoms in total. The maximum absolute atomic E-state index is 5.38. The van der Waals surface area contributed by atoms with E-state index in [4.69, 9.17) is 25.4 Å². The Morgan fingerprint density at radius 1 is 0.500 bits per heavy atom. The standard InChI is InChI=1S/C20H23BO.C20H21BO.2Y/c2*1-11-8-18(15(5)14(4)13(11)3)10-19-9-12(2)20(22-21)17(7)16(19)6;;/h10H2,1-7H3;10H,3H2,1-2,4-7H3;;/q2*-2;;. The van der Waals surface area contributed by atoms with Gasteiger partial charge in [0, 0.05) is 71.2 Å². The van der Waals surface area contributed by atoms with Gasteiger partial charge >= 0.3 is 16.1 Å². The average Bonchev–Trinajstić information content (AvgIpc) is 2.98. The van der Waals surface area contributed by atoms with Crippen molar-refractivity contribution in [2.75, 3.05) is 0 Å². The molecule has 232 valence electrons. The Morgan fingerprint density at radius 2 is 0.957 bits per heavy atom. The maximum atomic E-state index is 5.38. The summed E-state index contributed by atoms with van der Waals surface area (Å²) in [6.07, 6.45) is 2.97. The van der Waals surface area contributed by atoms with Gasteiger partial charge in [-0.2, -0.15) is 45.5 Å². The fraction of sp³-hybridized carbons (Fsp3) is 0.350. The molecule has 6 radical (unpaired) electrons. The summed E-state index contributed by atoms with van der Waals surface area (Å²) in [4.78, 5) is 0. The zero-order valence-electron chi connectivity index (χ0n) is 30.1. The van der Waals surface area contributed by atoms with E-state index in [2.05, 4.69) is 92.3 Å². The van der Waals surface area contributed by atoms with Gasteiger partial charge in [-0.15, -0.1) is 79.7 Å². The number of benzene rings is 4. The summed E-state index contributed by atoms with van der Waals surface area (Å²) < 4.78 is 9.98. The van der Waals surface area contributed by atoms with Gasteiger partial charge in [0.25, 0.3) is 0 Å². The molecule has 0 heterocycles. The van der Waals surface area contributed by atoms with E-state index < -0.39 is 0 Å². The second-order valence-corrected chi connectivity index (χ2v) is 12.1. The molecule has 0 N–H and O–H groups in total. The van der Waals surface area contributed by atoms with Crippen molar-refractivity contribution in [1.82, 2.24) is 0 Å². The molecular formula is C40H44B2O2Y2-4. The first-order valence-corrected chi connectivity index (χ1v) is 15.0. The van der Waals surface area contributed by atoms with E-state index in [-0.39, 0.29) is 65.4 Å². The Morgan fingerprint density at radius 3 is 1.48 bits per heavy atom. The number of hydrogen-bond acceptors (Lipinski definition) is 2. The summed E-state index contributed by atoms with van der Waals surface area (Å²) in [5.41, 5.74) is 18.6. The molecule has 0 amide bonds. The van der Waals surface area contributed by atoms with Crippen LogP contribution in [0.4, 0.5) is 0 Å². The van der Waals surface area contributed by atoms with E-state index in [1.54, 1.807) is 0 Å². The molecule has 0 aliphatic rings. The number of rotatable bonds is 5. The molecule has 0 aliphatic heterocycles. The van der Waals surface area contributed by atoms with E-state index in [0.717, 1.165) is 61.6 Å². The van der Waals surface area contributed by atoms with Gasteiger partial charge in [0.1, 0.15) is 0 Å². The fourth-order valence-corrected chi connectivity index (χ4v) is 5.66. The molecule has 0 fully saturated rings. The Balaban J connectivity index is 0.000000441. The Bertz CT molecular complexity index is 1860. The van der Waals surface area contributed by atoms with Gasteiger partial charge in [0.15, 0.2) is 0 Å². The first kappa shape index (κ1) is 42.6. The predicted molar refractivity (Wildman–Crippen MR) is 187 cm³/mol. The van der Waals surface area contributed by atoms with Crippen molar-refractivity contribution in [3.05, 3.63) is 124 Å². The summed E-state index contributed by atoms with van der Waals surface area (Å²) in [7, 11) is 10.7. The summed E-state index contributed by atoms with van der Waals surface area (Å²) in [6, 6.07) is 13.8. The molecule has 4 aromatic rings. The summed E-state index contributed by atoms with van der Waals surface area (Å²) in [6.45, 7) is 31.2. The van der Waals surface area contributed by atoms with Crippen LogP contribution in [0.3, 0.4) is 0 Å². The van der Waals surface area contributed by atoms with Crippen molar-refractivity contribution in [1.29, 1.82) is 0 Å². The molecule has 0 aliphatic carbocycles. The van der Waals surface area contributed by atoms with Gasteiger partial charge in [0.05, 0.1) is 0 Å². The van der Waals surface area contributed by atoms with Crippen molar-refractivity contribution in [2.45, 2.75) is 96.4 Å². The minimum Gasteiger partial charge on any atom is -0.627 e. The average molecular weight is 756 g/mol. The predicted octanol–water partition coefficient (Wildman–Crippen LogP) is 7.33. The van der Waals surface area contributed by atoms with Gasteiger partial charge in [-0.3, -0.25) is 0 Å². The molecule has 4 aromatic carbocycles. The summed E-state index contributed by atoms with van der Waals surface area (Å²) >= 11 is 0. The van der Waals surface area contributed by atoms with Gasteiger partial charge in [-0.25, -0.2) is 0 Å². The van der Waals surface area contributed by atoms with Crippen LogP contribution in [-0.2, 0) is 71.8 Å². The van der Waals surface area contributed by atoms with Crippen LogP contribution in [0.1, 0.15) is 89.0 Å². The topological polar surface area (TPSA) is 18.5 Å². The first-order chi connectivity index (χ1) is 20.5. The Labute approximate surface area is 331 Å². The van der Waals surface area contributed by atoms with Crippen LogP contribution < -0.4 is 19.7 Å². The molecule has 0 unspecified atom stereocenters. The minimum absolute atomic E-state index is 0. The van der Waals surface area contributed by atoms with E-state index in [1.165, 1.54) is 50.1 Å². The zero-order chi connectivity index (χ0) is 33.2. The van der Waals surface area contributed by atoms with Crippen molar-refractivity contribution in [3.63, 3.8) is 0 Å². The number of aryl methyl sites for hydroxylation is 4. The molecule has 0 aromatic heterocycles. The Hall–Kier alpha value is -1.44.